The molecule has 0 aliphatic carbocycles. The molecule has 1 aliphatic heterocycles. The maximum absolute atomic E-state index is 6.13. The van der Waals surface area contributed by atoms with Crippen LogP contribution < -0.4 is 5.32 Å². The van der Waals surface area contributed by atoms with Crippen LogP contribution in [0, 0.1) is 0 Å². The molecule has 2 atom stereocenters. The van der Waals surface area contributed by atoms with Crippen molar-refractivity contribution in [2.24, 2.45) is 0 Å². The molecule has 1 saturated heterocycles. The van der Waals surface area contributed by atoms with E-state index in [1.54, 1.807) is 11.3 Å². The lowest BCUT2D eigenvalue weighted by molar-refractivity contribution is 0.121. The van der Waals surface area contributed by atoms with Gasteiger partial charge in [-0.1, -0.05) is 29.0 Å². The Hall–Kier alpha value is -0.840. The van der Waals surface area contributed by atoms with Crippen LogP contribution in [0.1, 0.15) is 13.3 Å². The number of ether oxygens (including phenoxy) is 1. The third-order valence-electron chi connectivity index (χ3n) is 3.05. The summed E-state index contributed by atoms with van der Waals surface area (Å²) in [4.78, 5) is 4.54. The fourth-order valence-electron chi connectivity index (χ4n) is 2.06. The molecule has 0 radical (unpaired) electrons. The molecule has 5 heteroatoms. The summed E-state index contributed by atoms with van der Waals surface area (Å²) in [6, 6.07) is 6.16. The number of nitrogens with one attached hydrogen (secondary N) is 1. The Bertz CT molecular complexity index is 542. The molecule has 0 bridgehead atoms. The highest BCUT2D eigenvalue weighted by Crippen LogP contribution is 2.32. The maximum atomic E-state index is 6.13. The van der Waals surface area contributed by atoms with Gasteiger partial charge >= 0.3 is 0 Å². The number of fused-ring (bicyclic) bond motifs is 1. The van der Waals surface area contributed by atoms with Gasteiger partial charge in [0.1, 0.15) is 0 Å². The Labute approximate surface area is 109 Å². The van der Waals surface area contributed by atoms with E-state index in [1.807, 2.05) is 18.2 Å². The number of halogens is 1. The number of benzene rings is 1. The minimum atomic E-state index is 0.248. The van der Waals surface area contributed by atoms with Crippen molar-refractivity contribution >= 4 is 38.3 Å². The summed E-state index contributed by atoms with van der Waals surface area (Å²) in [7, 11) is 0. The maximum Gasteiger partial charge on any atom is 0.184 e. The summed E-state index contributed by atoms with van der Waals surface area (Å²) in [6.07, 6.45) is 1.28. The molecule has 2 aromatic rings. The van der Waals surface area contributed by atoms with Crippen molar-refractivity contribution in [2.45, 2.75) is 25.5 Å². The number of rotatable bonds is 2. The summed E-state index contributed by atoms with van der Waals surface area (Å²) >= 11 is 7.74. The fraction of sp³-hybridized carbons (Fsp3) is 0.417. The molecule has 3 nitrogen and oxygen atoms in total. The average molecular weight is 269 g/mol. The lowest BCUT2D eigenvalue weighted by atomic mass is 10.2. The molecule has 1 fully saturated rings. The smallest absolute Gasteiger partial charge is 0.184 e. The third kappa shape index (κ3) is 2.12. The quantitative estimate of drug-likeness (QED) is 0.905. The van der Waals surface area contributed by atoms with E-state index in [2.05, 4.69) is 17.2 Å². The first-order valence-electron chi connectivity index (χ1n) is 5.67. The highest BCUT2D eigenvalue weighted by molar-refractivity contribution is 7.22. The molecule has 1 N–H and O–H groups in total. The topological polar surface area (TPSA) is 34.1 Å². The van der Waals surface area contributed by atoms with Gasteiger partial charge in [-0.25, -0.2) is 4.98 Å². The van der Waals surface area contributed by atoms with Gasteiger partial charge in [-0.2, -0.15) is 0 Å². The number of thiazole rings is 1. The van der Waals surface area contributed by atoms with E-state index in [1.165, 1.54) is 0 Å². The van der Waals surface area contributed by atoms with Crippen molar-refractivity contribution in [3.8, 4) is 0 Å². The van der Waals surface area contributed by atoms with E-state index in [0.717, 1.165) is 33.4 Å². The van der Waals surface area contributed by atoms with Crippen LogP contribution in [-0.4, -0.2) is 23.7 Å². The van der Waals surface area contributed by atoms with Crippen molar-refractivity contribution in [1.82, 2.24) is 4.98 Å². The Kier molecular flexibility index (Phi) is 2.94. The van der Waals surface area contributed by atoms with Crippen molar-refractivity contribution in [1.29, 1.82) is 0 Å². The second-order valence-electron chi connectivity index (χ2n) is 4.22. The van der Waals surface area contributed by atoms with Gasteiger partial charge in [0.25, 0.3) is 0 Å². The molecule has 0 amide bonds. The third-order valence-corrected chi connectivity index (χ3v) is 4.51. The van der Waals surface area contributed by atoms with E-state index in [0.29, 0.717) is 6.04 Å². The van der Waals surface area contributed by atoms with Crippen LogP contribution in [0.2, 0.25) is 5.02 Å². The van der Waals surface area contributed by atoms with E-state index in [-0.39, 0.29) is 6.10 Å². The second-order valence-corrected chi connectivity index (χ2v) is 5.63. The van der Waals surface area contributed by atoms with Crippen molar-refractivity contribution in [3.63, 3.8) is 0 Å². The number of nitrogens with zero attached hydrogens (tertiary/aromatic N) is 1. The summed E-state index contributed by atoms with van der Waals surface area (Å²) in [5.41, 5.74) is 0.955. The number of anilines is 1. The molecule has 1 aromatic carbocycles. The molecule has 3 rings (SSSR count). The zero-order valence-electron chi connectivity index (χ0n) is 9.44. The van der Waals surface area contributed by atoms with Crippen LogP contribution >= 0.6 is 22.9 Å². The standard InChI is InChI=1S/C12H13ClN2OS/c1-7-9(5-6-16-7)14-12-15-10-4-2-3-8(13)11(10)17-12/h2-4,7,9H,5-6H2,1H3,(H,14,15). The predicted molar refractivity (Wildman–Crippen MR) is 72.1 cm³/mol. The Morgan fingerprint density at radius 2 is 2.41 bits per heavy atom. The molecule has 2 unspecified atom stereocenters. The van der Waals surface area contributed by atoms with Crippen LogP contribution in [0.5, 0.6) is 0 Å². The average Bonchev–Trinajstić information content (AvgIpc) is 2.87. The lowest BCUT2D eigenvalue weighted by Crippen LogP contribution is -2.26. The summed E-state index contributed by atoms with van der Waals surface area (Å²) in [5, 5.41) is 5.12. The minimum Gasteiger partial charge on any atom is -0.376 e. The molecule has 0 saturated carbocycles. The minimum absolute atomic E-state index is 0.248. The largest absolute Gasteiger partial charge is 0.376 e. The van der Waals surface area contributed by atoms with Crippen LogP contribution in [-0.2, 0) is 4.74 Å². The number of hydrogen-bond donors (Lipinski definition) is 1. The highest BCUT2D eigenvalue weighted by atomic mass is 35.5. The monoisotopic (exact) mass is 268 g/mol. The number of hydrogen-bond acceptors (Lipinski definition) is 4. The van der Waals surface area contributed by atoms with E-state index < -0.39 is 0 Å². The van der Waals surface area contributed by atoms with E-state index in [4.69, 9.17) is 16.3 Å². The molecule has 1 aliphatic rings. The van der Waals surface area contributed by atoms with Gasteiger partial charge in [0.2, 0.25) is 0 Å². The molecule has 1 aromatic heterocycles. The Morgan fingerprint density at radius 1 is 1.53 bits per heavy atom. The molecular weight excluding hydrogens is 256 g/mol. The highest BCUT2D eigenvalue weighted by Gasteiger charge is 2.24. The number of aromatic nitrogens is 1. The second kappa shape index (κ2) is 4.44. The van der Waals surface area contributed by atoms with Gasteiger partial charge in [-0.15, -0.1) is 0 Å². The van der Waals surface area contributed by atoms with Crippen molar-refractivity contribution in [2.75, 3.05) is 11.9 Å². The normalized spacial score (nSPS) is 24.4. The SMILES string of the molecule is CC1OCCC1Nc1nc2cccc(Cl)c2s1. The zero-order chi connectivity index (χ0) is 11.8. The molecule has 17 heavy (non-hydrogen) atoms. The van der Waals surface area contributed by atoms with Crippen LogP contribution in [0.4, 0.5) is 5.13 Å². The Balaban J connectivity index is 1.88. The fourth-order valence-corrected chi connectivity index (χ4v) is 3.27. The first kappa shape index (κ1) is 11.3. The first-order valence-corrected chi connectivity index (χ1v) is 6.86. The zero-order valence-corrected chi connectivity index (χ0v) is 11.0. The molecule has 0 spiro atoms. The summed E-state index contributed by atoms with van der Waals surface area (Å²) < 4.78 is 6.57. The van der Waals surface area contributed by atoms with E-state index >= 15 is 0 Å². The molecule has 2 heterocycles. The van der Waals surface area contributed by atoms with Gasteiger partial charge in [-0.05, 0) is 25.5 Å². The van der Waals surface area contributed by atoms with Gasteiger partial charge in [0, 0.05) is 6.61 Å². The lowest BCUT2D eigenvalue weighted by Gasteiger charge is -2.14. The Morgan fingerprint density at radius 3 is 3.12 bits per heavy atom. The molecular formula is C12H13ClN2OS. The van der Waals surface area contributed by atoms with Gasteiger partial charge in [0.05, 0.1) is 27.4 Å². The van der Waals surface area contributed by atoms with Crippen molar-refractivity contribution in [3.05, 3.63) is 23.2 Å². The van der Waals surface area contributed by atoms with E-state index in [9.17, 15) is 0 Å². The van der Waals surface area contributed by atoms with Crippen molar-refractivity contribution < 1.29 is 4.74 Å². The van der Waals surface area contributed by atoms with Gasteiger partial charge in [0.15, 0.2) is 5.13 Å². The van der Waals surface area contributed by atoms with Crippen LogP contribution in [0.3, 0.4) is 0 Å². The van der Waals surface area contributed by atoms with Crippen LogP contribution in [0.25, 0.3) is 10.2 Å². The van der Waals surface area contributed by atoms with Gasteiger partial charge in [-0.3, -0.25) is 0 Å². The molecule has 90 valence electrons. The van der Waals surface area contributed by atoms with Gasteiger partial charge < -0.3 is 10.1 Å². The first-order chi connectivity index (χ1) is 8.24. The predicted octanol–water partition coefficient (Wildman–Crippen LogP) is 3.54. The summed E-state index contributed by atoms with van der Waals surface area (Å²) in [5.74, 6) is 0. The van der Waals surface area contributed by atoms with Crippen LogP contribution in [0.15, 0.2) is 18.2 Å². The summed E-state index contributed by atoms with van der Waals surface area (Å²) in [6.45, 7) is 2.91.